The third kappa shape index (κ3) is 3.45. The standard InChI is InChI=1S/C14H12ClNO3/c1-18-14(17)11-4-5-13(12(15)7-11)19-9-10-3-2-6-16-8-10/h2-8H,9H2,1H3. The fourth-order valence-corrected chi connectivity index (χ4v) is 1.74. The minimum Gasteiger partial charge on any atom is -0.487 e. The number of rotatable bonds is 4. The zero-order valence-electron chi connectivity index (χ0n) is 10.3. The highest BCUT2D eigenvalue weighted by atomic mass is 35.5. The number of benzene rings is 1. The topological polar surface area (TPSA) is 48.4 Å². The third-order valence-electron chi connectivity index (χ3n) is 2.47. The summed E-state index contributed by atoms with van der Waals surface area (Å²) in [6.07, 6.45) is 3.42. The smallest absolute Gasteiger partial charge is 0.337 e. The van der Waals surface area contributed by atoms with Gasteiger partial charge in [-0.1, -0.05) is 17.7 Å². The van der Waals surface area contributed by atoms with Crippen molar-refractivity contribution in [2.45, 2.75) is 6.61 Å². The van der Waals surface area contributed by atoms with Gasteiger partial charge in [0, 0.05) is 18.0 Å². The van der Waals surface area contributed by atoms with Gasteiger partial charge in [0.25, 0.3) is 0 Å². The number of ether oxygens (including phenoxy) is 2. The van der Waals surface area contributed by atoms with E-state index < -0.39 is 5.97 Å². The molecule has 0 aliphatic carbocycles. The number of carbonyl (C=O) groups is 1. The maximum absolute atomic E-state index is 11.3. The lowest BCUT2D eigenvalue weighted by Crippen LogP contribution is -2.02. The molecule has 0 spiro atoms. The van der Waals surface area contributed by atoms with Gasteiger partial charge in [0.2, 0.25) is 0 Å². The van der Waals surface area contributed by atoms with Crippen LogP contribution in [0.5, 0.6) is 5.75 Å². The lowest BCUT2D eigenvalue weighted by Gasteiger charge is -2.08. The molecule has 5 heteroatoms. The Morgan fingerprint density at radius 1 is 1.37 bits per heavy atom. The SMILES string of the molecule is COC(=O)c1ccc(OCc2cccnc2)c(Cl)c1. The Morgan fingerprint density at radius 2 is 2.21 bits per heavy atom. The van der Waals surface area contributed by atoms with Crippen LogP contribution in [0.1, 0.15) is 15.9 Å². The first-order valence-electron chi connectivity index (χ1n) is 5.60. The Bertz CT molecular complexity index is 572. The number of aromatic nitrogens is 1. The molecule has 19 heavy (non-hydrogen) atoms. The van der Waals surface area contributed by atoms with Gasteiger partial charge in [-0.2, -0.15) is 0 Å². The fourth-order valence-electron chi connectivity index (χ4n) is 1.51. The van der Waals surface area contributed by atoms with Gasteiger partial charge in [-0.3, -0.25) is 4.98 Å². The summed E-state index contributed by atoms with van der Waals surface area (Å²) >= 11 is 6.05. The monoisotopic (exact) mass is 277 g/mol. The van der Waals surface area contributed by atoms with Gasteiger partial charge in [-0.15, -0.1) is 0 Å². The van der Waals surface area contributed by atoms with E-state index in [1.54, 1.807) is 24.5 Å². The predicted molar refractivity (Wildman–Crippen MR) is 71.4 cm³/mol. The van der Waals surface area contributed by atoms with Gasteiger partial charge in [-0.25, -0.2) is 4.79 Å². The van der Waals surface area contributed by atoms with E-state index in [1.165, 1.54) is 13.2 Å². The minimum absolute atomic E-state index is 0.366. The van der Waals surface area contributed by atoms with Crippen molar-refractivity contribution in [1.29, 1.82) is 0 Å². The van der Waals surface area contributed by atoms with Crippen LogP contribution in [0.15, 0.2) is 42.7 Å². The average Bonchev–Trinajstić information content (AvgIpc) is 2.46. The number of hydrogen-bond donors (Lipinski definition) is 0. The van der Waals surface area contributed by atoms with E-state index >= 15 is 0 Å². The zero-order valence-corrected chi connectivity index (χ0v) is 11.1. The number of esters is 1. The molecule has 98 valence electrons. The molecule has 0 N–H and O–H groups in total. The van der Waals surface area contributed by atoms with Crippen LogP contribution in [0.4, 0.5) is 0 Å². The van der Waals surface area contributed by atoms with Crippen molar-refractivity contribution in [2.24, 2.45) is 0 Å². The van der Waals surface area contributed by atoms with E-state index in [0.29, 0.717) is 22.9 Å². The second-order valence-electron chi connectivity index (χ2n) is 3.79. The van der Waals surface area contributed by atoms with Crippen LogP contribution in [0.3, 0.4) is 0 Å². The van der Waals surface area contributed by atoms with Crippen molar-refractivity contribution in [3.63, 3.8) is 0 Å². The first-order chi connectivity index (χ1) is 9.20. The largest absolute Gasteiger partial charge is 0.487 e. The molecule has 2 aromatic rings. The quantitative estimate of drug-likeness (QED) is 0.806. The van der Waals surface area contributed by atoms with Crippen LogP contribution < -0.4 is 4.74 Å². The number of nitrogens with zero attached hydrogens (tertiary/aromatic N) is 1. The third-order valence-corrected chi connectivity index (χ3v) is 2.77. The van der Waals surface area contributed by atoms with Crippen LogP contribution in [0, 0.1) is 0 Å². The van der Waals surface area contributed by atoms with Gasteiger partial charge in [0.15, 0.2) is 0 Å². The van der Waals surface area contributed by atoms with Crippen molar-refractivity contribution < 1.29 is 14.3 Å². The molecule has 0 aliphatic rings. The van der Waals surface area contributed by atoms with E-state index in [4.69, 9.17) is 16.3 Å². The fraction of sp³-hybridized carbons (Fsp3) is 0.143. The van der Waals surface area contributed by atoms with Crippen molar-refractivity contribution in [3.05, 3.63) is 58.9 Å². The van der Waals surface area contributed by atoms with Crippen LogP contribution in [-0.2, 0) is 11.3 Å². The maximum atomic E-state index is 11.3. The molecule has 0 amide bonds. The van der Waals surface area contributed by atoms with Gasteiger partial charge in [0.1, 0.15) is 12.4 Å². The van der Waals surface area contributed by atoms with E-state index in [2.05, 4.69) is 9.72 Å². The molecule has 0 atom stereocenters. The number of methoxy groups -OCH3 is 1. The number of hydrogen-bond acceptors (Lipinski definition) is 4. The van der Waals surface area contributed by atoms with Crippen LogP contribution in [0.2, 0.25) is 5.02 Å². The van der Waals surface area contributed by atoms with E-state index in [9.17, 15) is 4.79 Å². The summed E-state index contributed by atoms with van der Waals surface area (Å²) in [5.41, 5.74) is 1.33. The summed E-state index contributed by atoms with van der Waals surface area (Å²) in [7, 11) is 1.32. The van der Waals surface area contributed by atoms with Gasteiger partial charge in [-0.05, 0) is 24.3 Å². The summed E-state index contributed by atoms with van der Waals surface area (Å²) < 4.78 is 10.2. The molecule has 0 fully saturated rings. The normalized spacial score (nSPS) is 10.0. The predicted octanol–water partition coefficient (Wildman–Crippen LogP) is 3.10. The Hall–Kier alpha value is -2.07. The van der Waals surface area contributed by atoms with Crippen LogP contribution >= 0.6 is 11.6 Å². The van der Waals surface area contributed by atoms with Gasteiger partial charge in [0.05, 0.1) is 17.7 Å². The lowest BCUT2D eigenvalue weighted by atomic mass is 10.2. The molecule has 2 rings (SSSR count). The molecule has 0 saturated heterocycles. The van der Waals surface area contributed by atoms with E-state index in [1.807, 2.05) is 12.1 Å². The molecule has 0 bridgehead atoms. The molecule has 1 heterocycles. The first-order valence-corrected chi connectivity index (χ1v) is 5.98. The first kappa shape index (κ1) is 13.4. The molecular formula is C14H12ClNO3. The highest BCUT2D eigenvalue weighted by Gasteiger charge is 2.09. The molecule has 0 unspecified atom stereocenters. The number of carbonyl (C=O) groups excluding carboxylic acids is 1. The molecular weight excluding hydrogens is 266 g/mol. The van der Waals surface area contributed by atoms with Crippen LogP contribution in [0.25, 0.3) is 0 Å². The van der Waals surface area contributed by atoms with E-state index in [-0.39, 0.29) is 0 Å². The zero-order chi connectivity index (χ0) is 13.7. The van der Waals surface area contributed by atoms with Gasteiger partial charge >= 0.3 is 5.97 Å². The van der Waals surface area contributed by atoms with E-state index in [0.717, 1.165) is 5.56 Å². The summed E-state index contributed by atoms with van der Waals surface area (Å²) in [5, 5.41) is 0.367. The summed E-state index contributed by atoms with van der Waals surface area (Å²) in [6, 6.07) is 8.51. The highest BCUT2D eigenvalue weighted by Crippen LogP contribution is 2.26. The van der Waals surface area contributed by atoms with Crippen LogP contribution in [-0.4, -0.2) is 18.1 Å². The summed E-state index contributed by atoms with van der Waals surface area (Å²) in [5.74, 6) is 0.0823. The second kappa shape index (κ2) is 6.20. The van der Waals surface area contributed by atoms with Crippen molar-refractivity contribution in [2.75, 3.05) is 7.11 Å². The number of halogens is 1. The molecule has 0 radical (unpaired) electrons. The Morgan fingerprint density at radius 3 is 2.84 bits per heavy atom. The Kier molecular flexibility index (Phi) is 4.36. The average molecular weight is 278 g/mol. The Labute approximate surface area is 115 Å². The van der Waals surface area contributed by atoms with Crippen molar-refractivity contribution in [3.8, 4) is 5.75 Å². The second-order valence-corrected chi connectivity index (χ2v) is 4.19. The molecule has 0 saturated carbocycles. The molecule has 1 aromatic carbocycles. The lowest BCUT2D eigenvalue weighted by molar-refractivity contribution is 0.0600. The maximum Gasteiger partial charge on any atom is 0.337 e. The highest BCUT2D eigenvalue weighted by molar-refractivity contribution is 6.32. The minimum atomic E-state index is -0.430. The molecule has 1 aromatic heterocycles. The summed E-state index contributed by atoms with van der Waals surface area (Å²) in [4.78, 5) is 15.3. The van der Waals surface area contributed by atoms with Crippen molar-refractivity contribution in [1.82, 2.24) is 4.98 Å². The van der Waals surface area contributed by atoms with Crippen molar-refractivity contribution >= 4 is 17.6 Å². The Balaban J connectivity index is 2.07. The van der Waals surface area contributed by atoms with Gasteiger partial charge < -0.3 is 9.47 Å². The number of pyridine rings is 1. The molecule has 4 nitrogen and oxygen atoms in total. The molecule has 0 aliphatic heterocycles. The summed E-state index contributed by atoms with van der Waals surface area (Å²) in [6.45, 7) is 0.366.